The van der Waals surface area contributed by atoms with Crippen LogP contribution in [0.3, 0.4) is 0 Å². The van der Waals surface area contributed by atoms with E-state index < -0.39 is 10.0 Å². The van der Waals surface area contributed by atoms with Crippen LogP contribution < -0.4 is 5.32 Å². The molecule has 0 aromatic heterocycles. The largest absolute Gasteiger partial charge is 0.381 e. The van der Waals surface area contributed by atoms with E-state index in [9.17, 15) is 13.2 Å². The third-order valence-electron chi connectivity index (χ3n) is 4.98. The Morgan fingerprint density at radius 3 is 2.72 bits per heavy atom. The number of carbonyl (C=O) groups excluding carboxylic acids is 1. The Hall–Kier alpha value is -1.44. The molecule has 25 heavy (non-hydrogen) atoms. The van der Waals surface area contributed by atoms with Gasteiger partial charge in [-0.05, 0) is 43.9 Å². The highest BCUT2D eigenvalue weighted by molar-refractivity contribution is 7.89. The minimum atomic E-state index is -3.53. The molecule has 1 aromatic rings. The van der Waals surface area contributed by atoms with Crippen molar-refractivity contribution in [1.29, 1.82) is 0 Å². The normalized spacial score (nSPS) is 22.0. The predicted molar refractivity (Wildman–Crippen MR) is 95.0 cm³/mol. The molecule has 1 N–H and O–H groups in total. The molecule has 0 spiro atoms. The van der Waals surface area contributed by atoms with Crippen molar-refractivity contribution in [2.45, 2.75) is 37.5 Å². The summed E-state index contributed by atoms with van der Waals surface area (Å²) >= 11 is 0. The van der Waals surface area contributed by atoms with E-state index >= 15 is 0 Å². The van der Waals surface area contributed by atoms with E-state index in [1.54, 1.807) is 12.1 Å². The SMILES string of the molecule is Cc1ccc(S(=O)(=O)N2CCCCC2)cc1C(=O)NCC1CCOC1. The number of nitrogens with one attached hydrogen (secondary N) is 1. The van der Waals surface area contributed by atoms with Gasteiger partial charge in [0.25, 0.3) is 5.91 Å². The van der Waals surface area contributed by atoms with Crippen molar-refractivity contribution in [3.05, 3.63) is 29.3 Å². The predicted octanol–water partition coefficient (Wildman–Crippen LogP) is 1.94. The quantitative estimate of drug-likeness (QED) is 0.864. The lowest BCUT2D eigenvalue weighted by Crippen LogP contribution is -2.36. The third kappa shape index (κ3) is 4.22. The lowest BCUT2D eigenvalue weighted by molar-refractivity contribution is 0.0944. The molecule has 0 aliphatic carbocycles. The van der Waals surface area contributed by atoms with Crippen LogP contribution in [-0.4, -0.2) is 51.5 Å². The van der Waals surface area contributed by atoms with Gasteiger partial charge in [-0.15, -0.1) is 0 Å². The van der Waals surface area contributed by atoms with Crippen LogP contribution in [0.25, 0.3) is 0 Å². The molecule has 0 radical (unpaired) electrons. The highest BCUT2D eigenvalue weighted by Gasteiger charge is 2.27. The number of sulfonamides is 1. The molecule has 1 unspecified atom stereocenters. The molecule has 1 atom stereocenters. The minimum absolute atomic E-state index is 0.203. The summed E-state index contributed by atoms with van der Waals surface area (Å²) in [6.07, 6.45) is 3.80. The van der Waals surface area contributed by atoms with Crippen molar-refractivity contribution in [1.82, 2.24) is 9.62 Å². The van der Waals surface area contributed by atoms with E-state index in [4.69, 9.17) is 4.74 Å². The van der Waals surface area contributed by atoms with Crippen molar-refractivity contribution in [2.24, 2.45) is 5.92 Å². The van der Waals surface area contributed by atoms with Gasteiger partial charge in [0.15, 0.2) is 0 Å². The standard InChI is InChI=1S/C18H26N2O4S/c1-14-5-6-16(25(22,23)20-8-3-2-4-9-20)11-17(14)18(21)19-12-15-7-10-24-13-15/h5-6,11,15H,2-4,7-10,12-13H2,1H3,(H,19,21). The fourth-order valence-corrected chi connectivity index (χ4v) is 4.88. The smallest absolute Gasteiger partial charge is 0.251 e. The molecule has 6 nitrogen and oxygen atoms in total. The first kappa shape index (κ1) is 18.4. The first-order valence-electron chi connectivity index (χ1n) is 8.95. The Balaban J connectivity index is 1.76. The minimum Gasteiger partial charge on any atom is -0.381 e. The number of aryl methyl sites for hydroxylation is 1. The molecule has 2 heterocycles. The summed E-state index contributed by atoms with van der Waals surface area (Å²) in [4.78, 5) is 12.7. The summed E-state index contributed by atoms with van der Waals surface area (Å²) in [5.41, 5.74) is 1.20. The number of nitrogens with zero attached hydrogens (tertiary/aromatic N) is 1. The summed E-state index contributed by atoms with van der Waals surface area (Å²) in [5.74, 6) is 0.115. The van der Waals surface area contributed by atoms with Gasteiger partial charge in [-0.2, -0.15) is 4.31 Å². The third-order valence-corrected chi connectivity index (χ3v) is 6.88. The van der Waals surface area contributed by atoms with E-state index in [1.165, 1.54) is 10.4 Å². The van der Waals surface area contributed by atoms with Gasteiger partial charge in [0.2, 0.25) is 10.0 Å². The summed E-state index contributed by atoms with van der Waals surface area (Å²) in [6.45, 7) is 4.90. The number of piperidine rings is 1. The Bertz CT molecular complexity index is 721. The van der Waals surface area contributed by atoms with Gasteiger partial charge < -0.3 is 10.1 Å². The molecule has 3 rings (SSSR count). The Morgan fingerprint density at radius 2 is 2.04 bits per heavy atom. The lowest BCUT2D eigenvalue weighted by atomic mass is 10.1. The summed E-state index contributed by atoms with van der Waals surface area (Å²) in [5, 5.41) is 2.91. The maximum absolute atomic E-state index is 12.8. The van der Waals surface area contributed by atoms with Crippen molar-refractivity contribution in [2.75, 3.05) is 32.8 Å². The van der Waals surface area contributed by atoms with Crippen LogP contribution >= 0.6 is 0 Å². The Labute approximate surface area is 149 Å². The van der Waals surface area contributed by atoms with Crippen LogP contribution in [0.4, 0.5) is 0 Å². The summed E-state index contributed by atoms with van der Waals surface area (Å²) in [6, 6.07) is 4.82. The molecule has 7 heteroatoms. The second-order valence-electron chi connectivity index (χ2n) is 6.88. The molecule has 2 aliphatic heterocycles. The second kappa shape index (κ2) is 7.85. The first-order chi connectivity index (χ1) is 12.0. The number of ether oxygens (including phenoxy) is 1. The van der Waals surface area contributed by atoms with E-state index in [1.807, 2.05) is 6.92 Å². The topological polar surface area (TPSA) is 75.7 Å². The van der Waals surface area contributed by atoms with Gasteiger partial charge in [-0.25, -0.2) is 8.42 Å². The number of rotatable bonds is 5. The van der Waals surface area contributed by atoms with Gasteiger partial charge in [0, 0.05) is 37.7 Å². The molecular formula is C18H26N2O4S. The van der Waals surface area contributed by atoms with E-state index in [2.05, 4.69) is 5.32 Å². The fourth-order valence-electron chi connectivity index (χ4n) is 3.34. The lowest BCUT2D eigenvalue weighted by Gasteiger charge is -2.26. The molecule has 2 saturated heterocycles. The number of amides is 1. The average molecular weight is 366 g/mol. The van der Waals surface area contributed by atoms with Crippen molar-refractivity contribution in [3.63, 3.8) is 0 Å². The highest BCUT2D eigenvalue weighted by atomic mass is 32.2. The highest BCUT2D eigenvalue weighted by Crippen LogP contribution is 2.23. The molecule has 2 aliphatic rings. The maximum atomic E-state index is 12.8. The second-order valence-corrected chi connectivity index (χ2v) is 8.82. The van der Waals surface area contributed by atoms with Gasteiger partial charge in [0.1, 0.15) is 0 Å². The molecule has 2 fully saturated rings. The summed E-state index contributed by atoms with van der Waals surface area (Å²) in [7, 11) is -3.53. The summed E-state index contributed by atoms with van der Waals surface area (Å²) < 4.78 is 32.5. The monoisotopic (exact) mass is 366 g/mol. The van der Waals surface area contributed by atoms with Gasteiger partial charge in [-0.1, -0.05) is 12.5 Å². The van der Waals surface area contributed by atoms with Crippen LogP contribution in [-0.2, 0) is 14.8 Å². The van der Waals surface area contributed by atoms with Gasteiger partial charge in [0.05, 0.1) is 11.5 Å². The number of benzene rings is 1. The van der Waals surface area contributed by atoms with Crippen molar-refractivity contribution >= 4 is 15.9 Å². The van der Waals surface area contributed by atoms with E-state index in [0.29, 0.717) is 37.7 Å². The van der Waals surface area contributed by atoms with E-state index in [0.717, 1.165) is 37.9 Å². The van der Waals surface area contributed by atoms with Gasteiger partial charge in [-0.3, -0.25) is 4.79 Å². The zero-order chi connectivity index (χ0) is 17.9. The first-order valence-corrected chi connectivity index (χ1v) is 10.4. The maximum Gasteiger partial charge on any atom is 0.251 e. The fraction of sp³-hybridized carbons (Fsp3) is 0.611. The molecular weight excluding hydrogens is 340 g/mol. The molecule has 138 valence electrons. The number of hydrogen-bond acceptors (Lipinski definition) is 4. The molecule has 1 amide bonds. The molecule has 0 saturated carbocycles. The van der Waals surface area contributed by atoms with Crippen molar-refractivity contribution in [3.8, 4) is 0 Å². The van der Waals surface area contributed by atoms with Gasteiger partial charge >= 0.3 is 0 Å². The van der Waals surface area contributed by atoms with Crippen LogP contribution in [0.15, 0.2) is 23.1 Å². The van der Waals surface area contributed by atoms with Crippen LogP contribution in [0.5, 0.6) is 0 Å². The Morgan fingerprint density at radius 1 is 1.28 bits per heavy atom. The molecule has 0 bridgehead atoms. The van der Waals surface area contributed by atoms with Crippen LogP contribution in [0.2, 0.25) is 0 Å². The van der Waals surface area contributed by atoms with Crippen molar-refractivity contribution < 1.29 is 17.9 Å². The van der Waals surface area contributed by atoms with Crippen LogP contribution in [0, 0.1) is 12.8 Å². The number of carbonyl (C=O) groups is 1. The van der Waals surface area contributed by atoms with Crippen LogP contribution in [0.1, 0.15) is 41.6 Å². The average Bonchev–Trinajstić information content (AvgIpc) is 3.14. The number of hydrogen-bond donors (Lipinski definition) is 1. The zero-order valence-corrected chi connectivity index (χ0v) is 15.5. The molecule has 1 aromatic carbocycles. The Kier molecular flexibility index (Phi) is 5.76. The van der Waals surface area contributed by atoms with E-state index in [-0.39, 0.29) is 10.8 Å². The zero-order valence-electron chi connectivity index (χ0n) is 14.7.